The topological polar surface area (TPSA) is 29.5 Å². The van der Waals surface area contributed by atoms with Crippen LogP contribution in [0.2, 0.25) is 0 Å². The van der Waals surface area contributed by atoms with Crippen LogP contribution in [-0.2, 0) is 0 Å². The average Bonchev–Trinajstić information content (AvgIpc) is 2.47. The van der Waals surface area contributed by atoms with Gasteiger partial charge in [0.2, 0.25) is 0 Å². The van der Waals surface area contributed by atoms with Crippen molar-refractivity contribution in [2.45, 2.75) is 17.9 Å². The van der Waals surface area contributed by atoms with Crippen LogP contribution in [0.3, 0.4) is 0 Å². The van der Waals surface area contributed by atoms with Crippen LogP contribution in [0.15, 0.2) is 53.4 Å². The van der Waals surface area contributed by atoms with Crippen molar-refractivity contribution in [3.05, 3.63) is 59.9 Å². The van der Waals surface area contributed by atoms with Crippen LogP contribution in [0.1, 0.15) is 18.6 Å². The Kier molecular flexibility index (Phi) is 5.44. The molecule has 4 heteroatoms. The van der Waals surface area contributed by atoms with Gasteiger partial charge in [-0.05, 0) is 48.9 Å². The molecule has 1 atom stereocenters. The summed E-state index contributed by atoms with van der Waals surface area (Å²) in [5.74, 6) is 1.02. The molecule has 0 aliphatic heterocycles. The Labute approximate surface area is 122 Å². The first-order valence-electron chi connectivity index (χ1n) is 6.48. The van der Waals surface area contributed by atoms with Gasteiger partial charge in [-0.2, -0.15) is 0 Å². The number of aliphatic hydroxyl groups excluding tert-OH is 1. The molecular formula is C16H17FO2S. The van der Waals surface area contributed by atoms with Gasteiger partial charge in [0, 0.05) is 10.6 Å². The second-order valence-corrected chi connectivity index (χ2v) is 5.38. The third-order valence-electron chi connectivity index (χ3n) is 2.78. The summed E-state index contributed by atoms with van der Waals surface area (Å²) in [5.41, 5.74) is 0.825. The van der Waals surface area contributed by atoms with Crippen LogP contribution < -0.4 is 4.74 Å². The fourth-order valence-corrected chi connectivity index (χ4v) is 2.65. The summed E-state index contributed by atoms with van der Waals surface area (Å²) in [6.45, 7) is 2.53. The molecular weight excluding hydrogens is 275 g/mol. The molecule has 0 fully saturated rings. The molecule has 0 bridgehead atoms. The van der Waals surface area contributed by atoms with Crippen LogP contribution in [0.25, 0.3) is 0 Å². The lowest BCUT2D eigenvalue weighted by Crippen LogP contribution is -2.01. The molecule has 0 amide bonds. The first-order valence-corrected chi connectivity index (χ1v) is 7.47. The molecule has 0 radical (unpaired) electrons. The van der Waals surface area contributed by atoms with E-state index in [0.29, 0.717) is 12.4 Å². The minimum absolute atomic E-state index is 0.251. The van der Waals surface area contributed by atoms with Crippen molar-refractivity contribution in [3.8, 4) is 5.75 Å². The molecule has 0 saturated heterocycles. The number of halogens is 1. The Morgan fingerprint density at radius 2 is 1.95 bits per heavy atom. The maximum atomic E-state index is 12.8. The van der Waals surface area contributed by atoms with Gasteiger partial charge >= 0.3 is 0 Å². The molecule has 2 aromatic rings. The van der Waals surface area contributed by atoms with Crippen LogP contribution in [-0.4, -0.2) is 17.5 Å². The fourth-order valence-electron chi connectivity index (χ4n) is 1.78. The summed E-state index contributed by atoms with van der Waals surface area (Å²) in [7, 11) is 0. The number of rotatable bonds is 6. The number of thioether (sulfide) groups is 1. The Morgan fingerprint density at radius 1 is 1.20 bits per heavy atom. The van der Waals surface area contributed by atoms with Gasteiger partial charge < -0.3 is 9.84 Å². The van der Waals surface area contributed by atoms with E-state index in [4.69, 9.17) is 4.74 Å². The van der Waals surface area contributed by atoms with E-state index in [-0.39, 0.29) is 5.82 Å². The second-order valence-electron chi connectivity index (χ2n) is 4.29. The third kappa shape index (κ3) is 4.25. The van der Waals surface area contributed by atoms with Crippen molar-refractivity contribution in [2.24, 2.45) is 0 Å². The van der Waals surface area contributed by atoms with Gasteiger partial charge in [0.1, 0.15) is 11.6 Å². The molecule has 0 spiro atoms. The van der Waals surface area contributed by atoms with Gasteiger partial charge in [-0.25, -0.2) is 4.39 Å². The SMILES string of the molecule is CCOc1cccc(C(O)CSc2ccc(F)cc2)c1. The largest absolute Gasteiger partial charge is 0.494 e. The van der Waals surface area contributed by atoms with Crippen LogP contribution in [0.4, 0.5) is 4.39 Å². The first-order chi connectivity index (χ1) is 9.69. The predicted octanol–water partition coefficient (Wildman–Crippen LogP) is 4.05. The van der Waals surface area contributed by atoms with E-state index in [1.807, 2.05) is 31.2 Å². The lowest BCUT2D eigenvalue weighted by atomic mass is 10.1. The molecule has 0 aromatic heterocycles. The smallest absolute Gasteiger partial charge is 0.123 e. The van der Waals surface area contributed by atoms with Crippen molar-refractivity contribution < 1.29 is 14.2 Å². The number of aliphatic hydroxyl groups is 1. The molecule has 1 unspecified atom stereocenters. The summed E-state index contributed by atoms with van der Waals surface area (Å²) >= 11 is 1.49. The van der Waals surface area contributed by atoms with Crippen molar-refractivity contribution in [1.82, 2.24) is 0 Å². The molecule has 20 heavy (non-hydrogen) atoms. The lowest BCUT2D eigenvalue weighted by Gasteiger charge is -2.12. The minimum Gasteiger partial charge on any atom is -0.494 e. The highest BCUT2D eigenvalue weighted by Crippen LogP contribution is 2.26. The van der Waals surface area contributed by atoms with Gasteiger partial charge in [-0.1, -0.05) is 12.1 Å². The highest BCUT2D eigenvalue weighted by molar-refractivity contribution is 7.99. The molecule has 0 heterocycles. The molecule has 0 aliphatic rings. The average molecular weight is 292 g/mol. The zero-order valence-corrected chi connectivity index (χ0v) is 12.1. The van der Waals surface area contributed by atoms with Gasteiger partial charge in [-0.3, -0.25) is 0 Å². The van der Waals surface area contributed by atoms with Crippen molar-refractivity contribution in [1.29, 1.82) is 0 Å². The summed E-state index contributed by atoms with van der Waals surface area (Å²) in [6, 6.07) is 13.7. The summed E-state index contributed by atoms with van der Waals surface area (Å²) < 4.78 is 18.2. The van der Waals surface area contributed by atoms with E-state index >= 15 is 0 Å². The van der Waals surface area contributed by atoms with E-state index in [0.717, 1.165) is 16.2 Å². The zero-order valence-electron chi connectivity index (χ0n) is 11.3. The van der Waals surface area contributed by atoms with Crippen LogP contribution >= 0.6 is 11.8 Å². The number of benzene rings is 2. The van der Waals surface area contributed by atoms with E-state index in [1.165, 1.54) is 23.9 Å². The monoisotopic (exact) mass is 292 g/mol. The fraction of sp³-hybridized carbons (Fsp3) is 0.250. The molecule has 2 rings (SSSR count). The number of hydrogen-bond donors (Lipinski definition) is 1. The number of ether oxygens (including phenoxy) is 1. The van der Waals surface area contributed by atoms with Crippen molar-refractivity contribution in [3.63, 3.8) is 0 Å². The van der Waals surface area contributed by atoms with Gasteiger partial charge in [0.25, 0.3) is 0 Å². The van der Waals surface area contributed by atoms with Crippen LogP contribution in [0.5, 0.6) is 5.75 Å². The van der Waals surface area contributed by atoms with Gasteiger partial charge in [-0.15, -0.1) is 11.8 Å². The van der Waals surface area contributed by atoms with Crippen molar-refractivity contribution >= 4 is 11.8 Å². The summed E-state index contributed by atoms with van der Waals surface area (Å²) in [4.78, 5) is 0.936. The quantitative estimate of drug-likeness (QED) is 0.814. The zero-order chi connectivity index (χ0) is 14.4. The third-order valence-corrected chi connectivity index (χ3v) is 3.86. The first kappa shape index (κ1) is 14.9. The Bertz CT molecular complexity index is 542. The lowest BCUT2D eigenvalue weighted by molar-refractivity contribution is 0.203. The predicted molar refractivity (Wildman–Crippen MR) is 79.7 cm³/mol. The van der Waals surface area contributed by atoms with E-state index < -0.39 is 6.10 Å². The van der Waals surface area contributed by atoms with E-state index in [2.05, 4.69) is 0 Å². The van der Waals surface area contributed by atoms with Crippen LogP contribution in [0, 0.1) is 5.82 Å². The highest BCUT2D eigenvalue weighted by atomic mass is 32.2. The highest BCUT2D eigenvalue weighted by Gasteiger charge is 2.09. The van der Waals surface area contributed by atoms with E-state index in [1.54, 1.807) is 12.1 Å². The standard InChI is InChI=1S/C16H17FO2S/c1-2-19-14-5-3-4-12(10-14)16(18)11-20-15-8-6-13(17)7-9-15/h3-10,16,18H,2,11H2,1H3. The van der Waals surface area contributed by atoms with Crippen molar-refractivity contribution in [2.75, 3.05) is 12.4 Å². The van der Waals surface area contributed by atoms with E-state index in [9.17, 15) is 9.50 Å². The number of hydrogen-bond acceptors (Lipinski definition) is 3. The second kappa shape index (κ2) is 7.31. The summed E-state index contributed by atoms with van der Waals surface area (Å²) in [6.07, 6.45) is -0.578. The van der Waals surface area contributed by atoms with Gasteiger partial charge in [0.15, 0.2) is 0 Å². The Hall–Kier alpha value is -1.52. The minimum atomic E-state index is -0.578. The molecule has 1 N–H and O–H groups in total. The molecule has 0 saturated carbocycles. The Morgan fingerprint density at radius 3 is 2.65 bits per heavy atom. The maximum Gasteiger partial charge on any atom is 0.123 e. The summed E-state index contributed by atoms with van der Waals surface area (Å²) in [5, 5.41) is 10.2. The molecule has 0 aliphatic carbocycles. The molecule has 2 aromatic carbocycles. The normalized spacial score (nSPS) is 12.2. The molecule has 106 valence electrons. The molecule has 2 nitrogen and oxygen atoms in total. The Balaban J connectivity index is 1.95. The van der Waals surface area contributed by atoms with Gasteiger partial charge in [0.05, 0.1) is 12.7 Å². The maximum absolute atomic E-state index is 12.8.